The van der Waals surface area contributed by atoms with Gasteiger partial charge < -0.3 is 4.43 Å². The number of Topliss-reactive ketones (excluding diaryl/α,β-unsaturated/α-hetero) is 1. The summed E-state index contributed by atoms with van der Waals surface area (Å²) in [7, 11) is -1.97. The molecule has 0 aliphatic carbocycles. The van der Waals surface area contributed by atoms with E-state index in [2.05, 4.69) is 57.5 Å². The fraction of sp³-hybridized carbons (Fsp3) is 0.476. The molecule has 2 nitrogen and oxygen atoms in total. The van der Waals surface area contributed by atoms with Gasteiger partial charge in [-0.1, -0.05) is 63.5 Å². The largest absolute Gasteiger partial charge is 0.543 e. The summed E-state index contributed by atoms with van der Waals surface area (Å²) in [6.07, 6.45) is 0. The van der Waals surface area contributed by atoms with Crippen LogP contribution in [0.4, 0.5) is 0 Å². The van der Waals surface area contributed by atoms with Gasteiger partial charge in [0.05, 0.1) is 0 Å². The van der Waals surface area contributed by atoms with E-state index in [0.717, 1.165) is 10.6 Å². The first kappa shape index (κ1) is 21.4. The van der Waals surface area contributed by atoms with Gasteiger partial charge in [-0.25, -0.2) is 0 Å². The molecule has 1 atom stereocenters. The summed E-state index contributed by atoms with van der Waals surface area (Å²) in [5.41, 5.74) is 2.28. The molecule has 142 valence electrons. The van der Waals surface area contributed by atoms with Crippen molar-refractivity contribution in [3.8, 4) is 5.75 Å². The van der Waals surface area contributed by atoms with Crippen molar-refractivity contribution in [3.05, 3.63) is 52.2 Å². The summed E-state index contributed by atoms with van der Waals surface area (Å²) in [5, 5.41) is 1.99. The first-order valence-electron chi connectivity index (χ1n) is 9.20. The van der Waals surface area contributed by atoms with Gasteiger partial charge in [0.2, 0.25) is 0 Å². The van der Waals surface area contributed by atoms with Crippen molar-refractivity contribution >= 4 is 41.4 Å². The maximum atomic E-state index is 12.7. The molecule has 1 aromatic heterocycles. The van der Waals surface area contributed by atoms with Crippen molar-refractivity contribution in [2.24, 2.45) is 0 Å². The van der Waals surface area contributed by atoms with E-state index < -0.39 is 8.32 Å². The molecule has 26 heavy (non-hydrogen) atoms. The molecule has 0 radical (unpaired) electrons. The molecule has 1 unspecified atom stereocenters. The SMILES string of the molecule is CC(C)[Si](Oc1ccc(C(=O)C(Br)c2cccs2)cc1)(C(C)C)C(C)C. The summed E-state index contributed by atoms with van der Waals surface area (Å²) >= 11 is 5.12. The first-order valence-corrected chi connectivity index (χ1v) is 13.1. The standard InChI is InChI=1S/C21H29BrO2SSi/c1-14(2)26(15(3)4,16(5)6)24-18-11-9-17(10-12-18)21(23)20(22)19-8-7-13-25-19/h7-16,20H,1-6H3. The second-order valence-electron chi connectivity index (χ2n) is 7.69. The van der Waals surface area contributed by atoms with Crippen LogP contribution in [-0.4, -0.2) is 14.1 Å². The Labute approximate surface area is 171 Å². The Hall–Kier alpha value is -0.913. The van der Waals surface area contributed by atoms with Crippen LogP contribution in [0.1, 0.15) is 61.6 Å². The lowest BCUT2D eigenvalue weighted by Gasteiger charge is -2.42. The third-order valence-corrected chi connectivity index (χ3v) is 13.3. The molecule has 5 heteroatoms. The first-order chi connectivity index (χ1) is 12.2. The molecule has 0 N–H and O–H groups in total. The maximum absolute atomic E-state index is 12.7. The number of halogens is 1. The van der Waals surface area contributed by atoms with Crippen LogP contribution in [0.3, 0.4) is 0 Å². The van der Waals surface area contributed by atoms with Gasteiger partial charge in [0.1, 0.15) is 10.6 Å². The molecule has 2 rings (SSSR count). The normalized spacial score (nSPS) is 13.5. The van der Waals surface area contributed by atoms with Crippen molar-refractivity contribution in [1.29, 1.82) is 0 Å². The lowest BCUT2D eigenvalue weighted by atomic mass is 10.1. The minimum atomic E-state index is -1.97. The van der Waals surface area contributed by atoms with Crippen LogP contribution in [0.5, 0.6) is 5.75 Å². The van der Waals surface area contributed by atoms with E-state index in [9.17, 15) is 4.79 Å². The van der Waals surface area contributed by atoms with Gasteiger partial charge in [-0.15, -0.1) is 11.3 Å². The Kier molecular flexibility index (Phi) is 7.28. The van der Waals surface area contributed by atoms with Gasteiger partial charge in [0.25, 0.3) is 8.32 Å². The van der Waals surface area contributed by atoms with Crippen molar-refractivity contribution in [3.63, 3.8) is 0 Å². The number of hydrogen-bond donors (Lipinski definition) is 0. The fourth-order valence-electron chi connectivity index (χ4n) is 3.96. The molecule has 2 aromatic rings. The monoisotopic (exact) mass is 452 g/mol. The molecule has 0 aliphatic heterocycles. The predicted octanol–water partition coefficient (Wildman–Crippen LogP) is 7.62. The number of hydrogen-bond acceptors (Lipinski definition) is 3. The average molecular weight is 454 g/mol. The van der Waals surface area contributed by atoms with Gasteiger partial charge in [0.15, 0.2) is 5.78 Å². The van der Waals surface area contributed by atoms with Crippen LogP contribution in [0, 0.1) is 0 Å². The third kappa shape index (κ3) is 4.32. The van der Waals surface area contributed by atoms with Gasteiger partial charge in [0, 0.05) is 10.4 Å². The Morgan fingerprint density at radius 1 is 0.962 bits per heavy atom. The van der Waals surface area contributed by atoms with E-state index in [-0.39, 0.29) is 10.6 Å². The van der Waals surface area contributed by atoms with Crippen LogP contribution < -0.4 is 4.43 Å². The Morgan fingerprint density at radius 2 is 1.50 bits per heavy atom. The highest BCUT2D eigenvalue weighted by atomic mass is 79.9. The van der Waals surface area contributed by atoms with Gasteiger partial charge in [-0.3, -0.25) is 4.79 Å². The zero-order valence-corrected chi connectivity index (χ0v) is 19.9. The second kappa shape index (κ2) is 8.85. The Balaban J connectivity index is 2.22. The number of carbonyl (C=O) groups excluding carboxylic acids is 1. The second-order valence-corrected chi connectivity index (χ2v) is 15.0. The van der Waals surface area contributed by atoms with E-state index in [4.69, 9.17) is 4.43 Å². The van der Waals surface area contributed by atoms with Crippen LogP contribution >= 0.6 is 27.3 Å². The highest BCUT2D eigenvalue weighted by Gasteiger charge is 2.46. The molecule has 0 saturated carbocycles. The minimum absolute atomic E-state index is 0.0825. The van der Waals surface area contributed by atoms with E-state index >= 15 is 0 Å². The van der Waals surface area contributed by atoms with E-state index in [1.54, 1.807) is 11.3 Å². The van der Waals surface area contributed by atoms with Gasteiger partial charge >= 0.3 is 0 Å². The highest BCUT2D eigenvalue weighted by molar-refractivity contribution is 9.09. The number of benzene rings is 1. The van der Waals surface area contributed by atoms with Crippen LogP contribution in [0.25, 0.3) is 0 Å². The summed E-state index contributed by atoms with van der Waals surface area (Å²) in [4.78, 5) is 13.4. The lowest BCUT2D eigenvalue weighted by Crippen LogP contribution is -2.50. The molecular formula is C21H29BrO2SSi. The van der Waals surface area contributed by atoms with Crippen molar-refractivity contribution in [2.45, 2.75) is 63.0 Å². The number of ketones is 1. The van der Waals surface area contributed by atoms with Crippen LogP contribution in [0.2, 0.25) is 16.6 Å². The number of alkyl halides is 1. The topological polar surface area (TPSA) is 26.3 Å². The van der Waals surface area contributed by atoms with Gasteiger partial charge in [-0.05, 0) is 52.3 Å². The fourth-order valence-corrected chi connectivity index (χ4v) is 10.6. The third-order valence-electron chi connectivity index (χ3n) is 5.16. The van der Waals surface area contributed by atoms with Crippen molar-refractivity contribution in [1.82, 2.24) is 0 Å². The molecule has 0 saturated heterocycles. The number of rotatable bonds is 8. The molecule has 0 aliphatic rings. The average Bonchev–Trinajstić information content (AvgIpc) is 3.12. The summed E-state index contributed by atoms with van der Waals surface area (Å²) in [6, 6.07) is 11.6. The molecule has 1 heterocycles. The smallest absolute Gasteiger partial charge is 0.258 e. The molecular weight excluding hydrogens is 424 g/mol. The Morgan fingerprint density at radius 3 is 1.92 bits per heavy atom. The number of thiophene rings is 1. The minimum Gasteiger partial charge on any atom is -0.543 e. The van der Waals surface area contributed by atoms with Crippen LogP contribution in [0.15, 0.2) is 41.8 Å². The molecule has 0 fully saturated rings. The molecule has 1 aromatic carbocycles. The van der Waals surface area contributed by atoms with E-state index in [1.807, 2.05) is 41.8 Å². The quantitative estimate of drug-likeness (QED) is 0.233. The molecule has 0 bridgehead atoms. The molecule has 0 spiro atoms. The zero-order chi connectivity index (χ0) is 19.5. The highest BCUT2D eigenvalue weighted by Crippen LogP contribution is 2.42. The maximum Gasteiger partial charge on any atom is 0.258 e. The lowest BCUT2D eigenvalue weighted by molar-refractivity contribution is 0.0992. The van der Waals surface area contributed by atoms with Gasteiger partial charge in [-0.2, -0.15) is 0 Å². The Bertz CT molecular complexity index is 686. The summed E-state index contributed by atoms with van der Waals surface area (Å²) in [5.74, 6) is 0.964. The van der Waals surface area contributed by atoms with Crippen molar-refractivity contribution < 1.29 is 9.22 Å². The summed E-state index contributed by atoms with van der Waals surface area (Å²) in [6.45, 7) is 13.7. The predicted molar refractivity (Wildman–Crippen MR) is 118 cm³/mol. The van der Waals surface area contributed by atoms with Crippen molar-refractivity contribution in [2.75, 3.05) is 0 Å². The zero-order valence-electron chi connectivity index (χ0n) is 16.5. The van der Waals surface area contributed by atoms with E-state index in [1.165, 1.54) is 0 Å². The summed E-state index contributed by atoms with van der Waals surface area (Å²) < 4.78 is 6.67. The molecule has 0 amide bonds. The van der Waals surface area contributed by atoms with Crippen LogP contribution in [-0.2, 0) is 0 Å². The number of carbonyl (C=O) groups is 1. The van der Waals surface area contributed by atoms with E-state index in [0.29, 0.717) is 22.2 Å².